The largest absolute Gasteiger partial charge is 0.481 e. The topological polar surface area (TPSA) is 83.6 Å². The van der Waals surface area contributed by atoms with Gasteiger partial charge in [-0.3, -0.25) is 4.79 Å². The molecular weight excluding hydrogens is 218 g/mol. The van der Waals surface area contributed by atoms with Crippen LogP contribution in [0.4, 0.5) is 5.69 Å². The van der Waals surface area contributed by atoms with Gasteiger partial charge in [-0.2, -0.15) is 0 Å². The molecular formula is C13H17NO3. The van der Waals surface area contributed by atoms with Gasteiger partial charge in [0.25, 0.3) is 0 Å². The Balaban J connectivity index is 2.26. The van der Waals surface area contributed by atoms with Crippen LogP contribution in [0.1, 0.15) is 24.8 Å². The zero-order valence-corrected chi connectivity index (χ0v) is 9.60. The summed E-state index contributed by atoms with van der Waals surface area (Å²) in [5.74, 6) is -0.584. The maximum absolute atomic E-state index is 11.0. The number of nitrogens with two attached hydrogens (primary N) is 1. The molecule has 0 atom stereocenters. The molecule has 0 spiro atoms. The lowest BCUT2D eigenvalue weighted by Gasteiger charge is -2.47. The summed E-state index contributed by atoms with van der Waals surface area (Å²) >= 11 is 0. The van der Waals surface area contributed by atoms with Crippen LogP contribution in [0.2, 0.25) is 0 Å². The van der Waals surface area contributed by atoms with Crippen molar-refractivity contribution in [2.24, 2.45) is 5.92 Å². The molecule has 0 bridgehead atoms. The van der Waals surface area contributed by atoms with E-state index in [-0.39, 0.29) is 24.4 Å². The number of hydrogen-bond acceptors (Lipinski definition) is 3. The Bertz CT molecular complexity index is 424. The average Bonchev–Trinajstić information content (AvgIpc) is 2.22. The highest BCUT2D eigenvalue weighted by Gasteiger charge is 2.46. The first-order chi connectivity index (χ1) is 8.05. The van der Waals surface area contributed by atoms with E-state index in [4.69, 9.17) is 15.9 Å². The fourth-order valence-electron chi connectivity index (χ4n) is 2.81. The molecule has 0 amide bonds. The SMILES string of the molecule is Nc1cccc(C2(CC(=O)O)CC(CO)C2)c1. The lowest BCUT2D eigenvalue weighted by Crippen LogP contribution is -2.44. The van der Waals surface area contributed by atoms with Gasteiger partial charge in [0.2, 0.25) is 0 Å². The highest BCUT2D eigenvalue weighted by atomic mass is 16.4. The van der Waals surface area contributed by atoms with Crippen LogP contribution in [0.25, 0.3) is 0 Å². The first-order valence-corrected chi connectivity index (χ1v) is 5.74. The second kappa shape index (κ2) is 4.37. The number of rotatable bonds is 4. The van der Waals surface area contributed by atoms with E-state index in [0.29, 0.717) is 5.69 Å². The van der Waals surface area contributed by atoms with Crippen molar-refractivity contribution in [3.05, 3.63) is 29.8 Å². The second-order valence-corrected chi connectivity index (χ2v) is 4.93. The van der Waals surface area contributed by atoms with Crippen molar-refractivity contribution in [3.63, 3.8) is 0 Å². The third-order valence-electron chi connectivity index (χ3n) is 3.61. The van der Waals surface area contributed by atoms with E-state index in [0.717, 1.165) is 18.4 Å². The number of carboxylic acid groups (broad SMARTS) is 1. The van der Waals surface area contributed by atoms with Gasteiger partial charge < -0.3 is 15.9 Å². The van der Waals surface area contributed by atoms with Gasteiger partial charge in [-0.05, 0) is 36.5 Å². The molecule has 1 aromatic rings. The number of carboxylic acids is 1. The summed E-state index contributed by atoms with van der Waals surface area (Å²) in [6.45, 7) is 0.129. The Labute approximate surface area is 100 Å². The summed E-state index contributed by atoms with van der Waals surface area (Å²) in [5.41, 5.74) is 7.03. The lowest BCUT2D eigenvalue weighted by molar-refractivity contribution is -0.140. The van der Waals surface area contributed by atoms with Crippen LogP contribution in [-0.2, 0) is 10.2 Å². The van der Waals surface area contributed by atoms with Gasteiger partial charge in [0.1, 0.15) is 0 Å². The van der Waals surface area contributed by atoms with Crippen molar-refractivity contribution in [1.82, 2.24) is 0 Å². The number of anilines is 1. The Kier molecular flexibility index (Phi) is 3.07. The Morgan fingerprint density at radius 1 is 1.47 bits per heavy atom. The molecule has 2 rings (SSSR count). The van der Waals surface area contributed by atoms with E-state index in [1.54, 1.807) is 6.07 Å². The molecule has 1 saturated carbocycles. The number of aliphatic hydroxyl groups excluding tert-OH is 1. The molecule has 4 N–H and O–H groups in total. The highest BCUT2D eigenvalue weighted by molar-refractivity contribution is 5.69. The van der Waals surface area contributed by atoms with Crippen LogP contribution in [0.3, 0.4) is 0 Å². The first-order valence-electron chi connectivity index (χ1n) is 5.74. The lowest BCUT2D eigenvalue weighted by atomic mass is 9.57. The van der Waals surface area contributed by atoms with Crippen LogP contribution in [0.15, 0.2) is 24.3 Å². The normalized spacial score (nSPS) is 27.5. The molecule has 0 heterocycles. The van der Waals surface area contributed by atoms with E-state index in [2.05, 4.69) is 0 Å². The zero-order valence-electron chi connectivity index (χ0n) is 9.60. The predicted molar refractivity (Wildman–Crippen MR) is 64.6 cm³/mol. The van der Waals surface area contributed by atoms with E-state index >= 15 is 0 Å². The molecule has 0 unspecified atom stereocenters. The molecule has 1 aliphatic carbocycles. The van der Waals surface area contributed by atoms with E-state index in [9.17, 15) is 4.79 Å². The minimum atomic E-state index is -0.802. The van der Waals surface area contributed by atoms with Gasteiger partial charge in [-0.25, -0.2) is 0 Å². The van der Waals surface area contributed by atoms with Crippen molar-refractivity contribution in [2.45, 2.75) is 24.7 Å². The number of carbonyl (C=O) groups is 1. The number of benzene rings is 1. The van der Waals surface area contributed by atoms with Gasteiger partial charge in [0.15, 0.2) is 0 Å². The molecule has 0 aromatic heterocycles. The van der Waals surface area contributed by atoms with E-state index in [1.807, 2.05) is 18.2 Å². The van der Waals surface area contributed by atoms with Gasteiger partial charge >= 0.3 is 5.97 Å². The molecule has 0 radical (unpaired) electrons. The molecule has 0 saturated heterocycles. The second-order valence-electron chi connectivity index (χ2n) is 4.93. The Morgan fingerprint density at radius 2 is 2.18 bits per heavy atom. The van der Waals surface area contributed by atoms with Gasteiger partial charge in [0, 0.05) is 17.7 Å². The molecule has 92 valence electrons. The van der Waals surface area contributed by atoms with Crippen LogP contribution in [0.5, 0.6) is 0 Å². The molecule has 17 heavy (non-hydrogen) atoms. The number of aliphatic hydroxyl groups is 1. The average molecular weight is 235 g/mol. The van der Waals surface area contributed by atoms with E-state index in [1.165, 1.54) is 0 Å². The van der Waals surface area contributed by atoms with Gasteiger partial charge in [-0.15, -0.1) is 0 Å². The number of hydrogen-bond donors (Lipinski definition) is 3. The fraction of sp³-hybridized carbons (Fsp3) is 0.462. The van der Waals surface area contributed by atoms with Crippen LogP contribution in [0, 0.1) is 5.92 Å². The maximum atomic E-state index is 11.0. The molecule has 4 nitrogen and oxygen atoms in total. The minimum absolute atomic E-state index is 0.104. The van der Waals surface area contributed by atoms with Crippen molar-refractivity contribution in [1.29, 1.82) is 0 Å². The van der Waals surface area contributed by atoms with Gasteiger partial charge in [0.05, 0.1) is 6.42 Å². The molecule has 1 fully saturated rings. The molecule has 4 heteroatoms. The van der Waals surface area contributed by atoms with E-state index < -0.39 is 5.97 Å². The standard InChI is InChI=1S/C13H17NO3/c14-11-3-1-2-10(4-11)13(7-12(16)17)5-9(6-13)8-15/h1-4,9,15H,5-8,14H2,(H,16,17). The summed E-state index contributed by atoms with van der Waals surface area (Å²) in [5, 5.41) is 18.1. The first kappa shape index (κ1) is 11.9. The molecule has 1 aromatic carbocycles. The smallest absolute Gasteiger partial charge is 0.304 e. The number of nitrogen functional groups attached to an aromatic ring is 1. The molecule has 0 aliphatic heterocycles. The van der Waals surface area contributed by atoms with Crippen molar-refractivity contribution in [2.75, 3.05) is 12.3 Å². The zero-order chi connectivity index (χ0) is 12.5. The Hall–Kier alpha value is -1.55. The van der Waals surface area contributed by atoms with Crippen LogP contribution >= 0.6 is 0 Å². The van der Waals surface area contributed by atoms with Crippen molar-refractivity contribution in [3.8, 4) is 0 Å². The van der Waals surface area contributed by atoms with Crippen molar-refractivity contribution >= 4 is 11.7 Å². The fourth-order valence-corrected chi connectivity index (χ4v) is 2.81. The van der Waals surface area contributed by atoms with Crippen LogP contribution < -0.4 is 5.73 Å². The third-order valence-corrected chi connectivity index (χ3v) is 3.61. The maximum Gasteiger partial charge on any atom is 0.304 e. The summed E-state index contributed by atoms with van der Waals surface area (Å²) in [4.78, 5) is 11.0. The number of aliphatic carboxylic acids is 1. The summed E-state index contributed by atoms with van der Waals surface area (Å²) in [6, 6.07) is 7.41. The van der Waals surface area contributed by atoms with Gasteiger partial charge in [-0.1, -0.05) is 12.1 Å². The van der Waals surface area contributed by atoms with Crippen LogP contribution in [-0.4, -0.2) is 22.8 Å². The minimum Gasteiger partial charge on any atom is -0.481 e. The summed E-state index contributed by atoms with van der Waals surface area (Å²) in [6.07, 6.45) is 1.55. The van der Waals surface area contributed by atoms with Crippen molar-refractivity contribution < 1.29 is 15.0 Å². The Morgan fingerprint density at radius 3 is 2.71 bits per heavy atom. The molecule has 1 aliphatic rings. The highest BCUT2D eigenvalue weighted by Crippen LogP contribution is 2.50. The predicted octanol–water partition coefficient (Wildman–Crippen LogP) is 1.38. The summed E-state index contributed by atoms with van der Waals surface area (Å²) < 4.78 is 0. The third kappa shape index (κ3) is 2.26. The monoisotopic (exact) mass is 235 g/mol. The quantitative estimate of drug-likeness (QED) is 0.688. The summed E-state index contributed by atoms with van der Waals surface area (Å²) in [7, 11) is 0.